The molecule has 0 aliphatic carbocycles. The highest BCUT2D eigenvalue weighted by atomic mass is 19.1. The molecule has 17 heavy (non-hydrogen) atoms. The summed E-state index contributed by atoms with van der Waals surface area (Å²) in [5.74, 6) is -2.22. The Morgan fingerprint density at radius 1 is 1.41 bits per heavy atom. The molecule has 0 aromatic heterocycles. The quantitative estimate of drug-likeness (QED) is 0.779. The SMILES string of the molecule is COc1cc(F)ccc1NC(=O)/C=C/C(=O)O. The molecule has 0 aliphatic heterocycles. The number of hydrogen-bond donors (Lipinski definition) is 2. The maximum absolute atomic E-state index is 12.8. The van der Waals surface area contributed by atoms with Gasteiger partial charge in [-0.3, -0.25) is 4.79 Å². The zero-order chi connectivity index (χ0) is 12.8. The molecule has 5 nitrogen and oxygen atoms in total. The molecule has 1 aromatic rings. The highest BCUT2D eigenvalue weighted by molar-refractivity contribution is 6.03. The van der Waals surface area contributed by atoms with Crippen molar-refractivity contribution in [1.29, 1.82) is 0 Å². The number of anilines is 1. The molecule has 0 saturated carbocycles. The number of rotatable bonds is 4. The van der Waals surface area contributed by atoms with Crippen LogP contribution in [0, 0.1) is 5.82 Å². The Morgan fingerprint density at radius 2 is 2.12 bits per heavy atom. The van der Waals surface area contributed by atoms with E-state index in [2.05, 4.69) is 5.32 Å². The van der Waals surface area contributed by atoms with Gasteiger partial charge in [-0.1, -0.05) is 0 Å². The smallest absolute Gasteiger partial charge is 0.328 e. The number of carbonyl (C=O) groups is 2. The van der Waals surface area contributed by atoms with Crippen molar-refractivity contribution in [2.75, 3.05) is 12.4 Å². The second-order valence-corrected chi connectivity index (χ2v) is 3.01. The van der Waals surface area contributed by atoms with Gasteiger partial charge in [0, 0.05) is 18.2 Å². The van der Waals surface area contributed by atoms with Gasteiger partial charge in [0.2, 0.25) is 5.91 Å². The van der Waals surface area contributed by atoms with E-state index in [0.717, 1.165) is 18.2 Å². The molecule has 1 amide bonds. The molecule has 0 radical (unpaired) electrons. The summed E-state index contributed by atoms with van der Waals surface area (Å²) < 4.78 is 17.7. The van der Waals surface area contributed by atoms with Gasteiger partial charge in [0.05, 0.1) is 12.8 Å². The predicted molar refractivity (Wildman–Crippen MR) is 58.4 cm³/mol. The third-order valence-electron chi connectivity index (χ3n) is 1.80. The zero-order valence-corrected chi connectivity index (χ0v) is 8.94. The molecular formula is C11H10FNO4. The van der Waals surface area contributed by atoms with Gasteiger partial charge >= 0.3 is 5.97 Å². The Kier molecular flexibility index (Phi) is 4.21. The first kappa shape index (κ1) is 12.7. The first-order valence-corrected chi connectivity index (χ1v) is 4.58. The van der Waals surface area contributed by atoms with Crippen LogP contribution in [0.1, 0.15) is 0 Å². The van der Waals surface area contributed by atoms with Crippen LogP contribution in [0.25, 0.3) is 0 Å². The van der Waals surface area contributed by atoms with Crippen molar-refractivity contribution in [2.24, 2.45) is 0 Å². The Balaban J connectivity index is 2.81. The largest absolute Gasteiger partial charge is 0.494 e. The van der Waals surface area contributed by atoms with Crippen molar-refractivity contribution in [2.45, 2.75) is 0 Å². The molecule has 1 aromatic carbocycles. The van der Waals surface area contributed by atoms with E-state index in [1.54, 1.807) is 0 Å². The average Bonchev–Trinajstić information content (AvgIpc) is 2.28. The lowest BCUT2D eigenvalue weighted by Crippen LogP contribution is -2.09. The van der Waals surface area contributed by atoms with Crippen LogP contribution >= 0.6 is 0 Å². The van der Waals surface area contributed by atoms with Crippen LogP contribution in [0.5, 0.6) is 5.75 Å². The van der Waals surface area contributed by atoms with Crippen LogP contribution in [0.3, 0.4) is 0 Å². The molecule has 2 N–H and O–H groups in total. The molecule has 0 unspecified atom stereocenters. The van der Waals surface area contributed by atoms with Crippen LogP contribution in [-0.4, -0.2) is 24.1 Å². The van der Waals surface area contributed by atoms with E-state index < -0.39 is 17.7 Å². The molecule has 0 bridgehead atoms. The van der Waals surface area contributed by atoms with E-state index in [-0.39, 0.29) is 11.4 Å². The summed E-state index contributed by atoms with van der Waals surface area (Å²) >= 11 is 0. The monoisotopic (exact) mass is 239 g/mol. The molecule has 0 heterocycles. The molecule has 0 saturated heterocycles. The van der Waals surface area contributed by atoms with Crippen LogP contribution in [0.4, 0.5) is 10.1 Å². The van der Waals surface area contributed by atoms with E-state index >= 15 is 0 Å². The van der Waals surface area contributed by atoms with E-state index in [0.29, 0.717) is 6.08 Å². The van der Waals surface area contributed by atoms with Gasteiger partial charge in [-0.05, 0) is 12.1 Å². The normalized spacial score (nSPS) is 10.2. The molecule has 6 heteroatoms. The number of ether oxygens (including phenoxy) is 1. The van der Waals surface area contributed by atoms with Crippen molar-refractivity contribution >= 4 is 17.6 Å². The minimum Gasteiger partial charge on any atom is -0.494 e. The maximum Gasteiger partial charge on any atom is 0.328 e. The van der Waals surface area contributed by atoms with Gasteiger partial charge < -0.3 is 15.2 Å². The van der Waals surface area contributed by atoms with E-state index in [9.17, 15) is 14.0 Å². The molecular weight excluding hydrogens is 229 g/mol. The van der Waals surface area contributed by atoms with Crippen molar-refractivity contribution in [3.05, 3.63) is 36.2 Å². The summed E-state index contributed by atoms with van der Waals surface area (Å²) in [6, 6.07) is 3.58. The van der Waals surface area contributed by atoms with Crippen molar-refractivity contribution in [1.82, 2.24) is 0 Å². The van der Waals surface area contributed by atoms with Gasteiger partial charge in [0.25, 0.3) is 0 Å². The van der Waals surface area contributed by atoms with E-state index in [4.69, 9.17) is 9.84 Å². The second kappa shape index (κ2) is 5.64. The van der Waals surface area contributed by atoms with Crippen molar-refractivity contribution in [3.63, 3.8) is 0 Å². The lowest BCUT2D eigenvalue weighted by atomic mass is 10.2. The summed E-state index contributed by atoms with van der Waals surface area (Å²) in [4.78, 5) is 21.4. The zero-order valence-electron chi connectivity index (χ0n) is 8.94. The van der Waals surface area contributed by atoms with Gasteiger partial charge in [-0.15, -0.1) is 0 Å². The number of aliphatic carboxylic acids is 1. The number of carboxylic acids is 1. The third kappa shape index (κ3) is 3.94. The predicted octanol–water partition coefficient (Wildman–Crippen LogP) is 1.41. The highest BCUT2D eigenvalue weighted by Gasteiger charge is 2.06. The van der Waals surface area contributed by atoms with Crippen LogP contribution < -0.4 is 10.1 Å². The summed E-state index contributed by atoms with van der Waals surface area (Å²) in [5.41, 5.74) is 0.258. The minimum absolute atomic E-state index is 0.155. The first-order chi connectivity index (χ1) is 8.02. The first-order valence-electron chi connectivity index (χ1n) is 4.58. The number of amides is 1. The Bertz CT molecular complexity index is 471. The van der Waals surface area contributed by atoms with E-state index in [1.165, 1.54) is 13.2 Å². The van der Waals surface area contributed by atoms with Gasteiger partial charge in [-0.25, -0.2) is 9.18 Å². The number of methoxy groups -OCH3 is 1. The van der Waals surface area contributed by atoms with Crippen molar-refractivity contribution < 1.29 is 23.8 Å². The lowest BCUT2D eigenvalue weighted by molar-refractivity contribution is -0.131. The van der Waals surface area contributed by atoms with Gasteiger partial charge in [-0.2, -0.15) is 0 Å². The summed E-state index contributed by atoms with van der Waals surface area (Å²) in [6.45, 7) is 0. The number of benzene rings is 1. The fourth-order valence-electron chi connectivity index (χ4n) is 1.09. The fraction of sp³-hybridized carbons (Fsp3) is 0.0909. The Morgan fingerprint density at radius 3 is 2.71 bits per heavy atom. The summed E-state index contributed by atoms with van der Waals surface area (Å²) in [6.07, 6.45) is 1.55. The number of hydrogen-bond acceptors (Lipinski definition) is 3. The number of carbonyl (C=O) groups excluding carboxylic acids is 1. The third-order valence-corrected chi connectivity index (χ3v) is 1.80. The molecule has 0 fully saturated rings. The molecule has 0 atom stereocenters. The summed E-state index contributed by atoms with van der Waals surface area (Å²) in [5, 5.41) is 10.7. The maximum atomic E-state index is 12.8. The summed E-state index contributed by atoms with van der Waals surface area (Å²) in [7, 11) is 1.33. The lowest BCUT2D eigenvalue weighted by Gasteiger charge is -2.08. The number of halogens is 1. The Hall–Kier alpha value is -2.37. The minimum atomic E-state index is -1.23. The van der Waals surface area contributed by atoms with Crippen molar-refractivity contribution in [3.8, 4) is 5.75 Å². The molecule has 0 spiro atoms. The van der Waals surface area contributed by atoms with Gasteiger partial charge in [0.1, 0.15) is 11.6 Å². The second-order valence-electron chi connectivity index (χ2n) is 3.01. The number of nitrogens with one attached hydrogen (secondary N) is 1. The topological polar surface area (TPSA) is 75.6 Å². The standard InChI is InChI=1S/C11H10FNO4/c1-17-9-6-7(12)2-3-8(9)13-10(14)4-5-11(15)16/h2-6H,1H3,(H,13,14)(H,15,16)/b5-4+. The van der Waals surface area contributed by atoms with Crippen LogP contribution in [-0.2, 0) is 9.59 Å². The van der Waals surface area contributed by atoms with Crippen LogP contribution in [0.15, 0.2) is 30.4 Å². The Labute approximate surface area is 96.5 Å². The van der Waals surface area contributed by atoms with Gasteiger partial charge in [0.15, 0.2) is 0 Å². The fourth-order valence-corrected chi connectivity index (χ4v) is 1.09. The van der Waals surface area contributed by atoms with E-state index in [1.807, 2.05) is 0 Å². The highest BCUT2D eigenvalue weighted by Crippen LogP contribution is 2.24. The molecule has 0 aliphatic rings. The molecule has 1 rings (SSSR count). The molecule has 90 valence electrons. The van der Waals surface area contributed by atoms with Crippen LogP contribution in [0.2, 0.25) is 0 Å². The number of carboxylic acid groups (broad SMARTS) is 1. The average molecular weight is 239 g/mol.